The molecular formula is C56H40O. The summed E-state index contributed by atoms with van der Waals surface area (Å²) in [5.41, 5.74) is 22.9. The Balaban J connectivity index is 1.08. The van der Waals surface area contributed by atoms with Crippen molar-refractivity contribution in [1.29, 1.82) is 0 Å². The largest absolute Gasteiger partial charge is 0.289 e. The van der Waals surface area contributed by atoms with E-state index in [1.807, 2.05) is 0 Å². The van der Waals surface area contributed by atoms with Gasteiger partial charge in [-0.05, 0) is 124 Å². The number of carbonyl (C=O) groups excluding carboxylic acids is 1. The van der Waals surface area contributed by atoms with Crippen molar-refractivity contribution in [3.05, 3.63) is 225 Å². The number of fused-ring (bicyclic) bond motifs is 15. The molecule has 0 aliphatic heterocycles. The molecule has 270 valence electrons. The van der Waals surface area contributed by atoms with E-state index in [0.717, 1.165) is 44.5 Å². The molecule has 4 aliphatic rings. The smallest absolute Gasteiger partial charge is 0.193 e. The lowest BCUT2D eigenvalue weighted by molar-refractivity contribution is 0.103. The summed E-state index contributed by atoms with van der Waals surface area (Å²) in [6.07, 6.45) is 0. The monoisotopic (exact) mass is 728 g/mol. The average Bonchev–Trinajstić information content (AvgIpc) is 3.77. The van der Waals surface area contributed by atoms with Crippen LogP contribution in [0.4, 0.5) is 0 Å². The van der Waals surface area contributed by atoms with E-state index in [0.29, 0.717) is 0 Å². The molecule has 0 N–H and O–H groups in total. The van der Waals surface area contributed by atoms with Gasteiger partial charge in [0.05, 0.1) is 5.41 Å². The van der Waals surface area contributed by atoms with Crippen molar-refractivity contribution < 1.29 is 4.79 Å². The second-order valence-electron chi connectivity index (χ2n) is 17.6. The van der Waals surface area contributed by atoms with Gasteiger partial charge >= 0.3 is 0 Å². The van der Waals surface area contributed by atoms with Crippen LogP contribution < -0.4 is 0 Å². The zero-order valence-corrected chi connectivity index (χ0v) is 32.6. The predicted octanol–water partition coefficient (Wildman–Crippen LogP) is 13.5. The second-order valence-corrected chi connectivity index (χ2v) is 17.6. The first-order valence-corrected chi connectivity index (χ1v) is 20.2. The summed E-state index contributed by atoms with van der Waals surface area (Å²) in [5.74, 6) is 0.0816. The van der Waals surface area contributed by atoms with Crippen LogP contribution in [0, 0.1) is 0 Å². The lowest BCUT2D eigenvalue weighted by Gasteiger charge is -2.40. The Hall–Kier alpha value is -6.57. The van der Waals surface area contributed by atoms with Gasteiger partial charge in [-0.1, -0.05) is 173 Å². The highest BCUT2D eigenvalue weighted by molar-refractivity contribution is 6.16. The predicted molar refractivity (Wildman–Crippen MR) is 233 cm³/mol. The standard InChI is InChI=1S/C56H40O/c1-54(2)45-17-9-5-15-39(45)42-29-33(22-26-47(42)54)35-24-28-51-44(31-35)53(57)41-25-21-36(34-23-27-48-43(30-34)40-16-6-10-18-46(40)55(48,3)4)32-52(41)56(51)49-19-11-7-13-37(49)38-14-8-12-20-50(38)56/h5-32H,1-4H3. The zero-order valence-electron chi connectivity index (χ0n) is 32.6. The van der Waals surface area contributed by atoms with Crippen LogP contribution in [-0.2, 0) is 16.2 Å². The fraction of sp³-hybridized carbons (Fsp3) is 0.125. The van der Waals surface area contributed by atoms with Crippen molar-refractivity contribution in [2.24, 2.45) is 0 Å². The molecule has 0 saturated heterocycles. The highest BCUT2D eigenvalue weighted by atomic mass is 16.1. The third-order valence-electron chi connectivity index (χ3n) is 14.1. The minimum atomic E-state index is -0.660. The molecule has 8 aromatic rings. The molecule has 0 atom stereocenters. The first-order valence-electron chi connectivity index (χ1n) is 20.2. The van der Waals surface area contributed by atoms with Crippen LogP contribution in [0.3, 0.4) is 0 Å². The molecule has 12 rings (SSSR count). The molecule has 57 heavy (non-hydrogen) atoms. The van der Waals surface area contributed by atoms with Gasteiger partial charge in [0.25, 0.3) is 0 Å². The first-order chi connectivity index (χ1) is 27.7. The Morgan fingerprint density at radius 1 is 0.281 bits per heavy atom. The summed E-state index contributed by atoms with van der Waals surface area (Å²) in [5, 5.41) is 0. The van der Waals surface area contributed by atoms with Crippen LogP contribution in [0.2, 0.25) is 0 Å². The van der Waals surface area contributed by atoms with Crippen molar-refractivity contribution in [3.8, 4) is 55.6 Å². The number of hydrogen-bond donors (Lipinski definition) is 0. The molecule has 8 aromatic carbocycles. The van der Waals surface area contributed by atoms with E-state index in [1.165, 1.54) is 66.8 Å². The molecule has 0 aromatic heterocycles. The SMILES string of the molecule is CC1(C)c2ccccc2-c2cc(-c3ccc4c(c3)C(=O)c3ccc(-c5ccc6c(c5)-c5ccccc5C6(C)C)cc3C43c4ccccc4-c4ccccc43)ccc21. The molecule has 0 unspecified atom stereocenters. The minimum Gasteiger partial charge on any atom is -0.289 e. The molecule has 0 radical (unpaired) electrons. The summed E-state index contributed by atoms with van der Waals surface area (Å²) < 4.78 is 0. The molecule has 0 fully saturated rings. The summed E-state index contributed by atoms with van der Waals surface area (Å²) in [4.78, 5) is 15.1. The topological polar surface area (TPSA) is 17.1 Å². The van der Waals surface area contributed by atoms with Gasteiger partial charge in [-0.2, -0.15) is 0 Å². The van der Waals surface area contributed by atoms with E-state index in [1.54, 1.807) is 0 Å². The van der Waals surface area contributed by atoms with E-state index in [4.69, 9.17) is 0 Å². The summed E-state index contributed by atoms with van der Waals surface area (Å²) in [7, 11) is 0. The quantitative estimate of drug-likeness (QED) is 0.173. The molecule has 4 aliphatic carbocycles. The molecular weight excluding hydrogens is 689 g/mol. The van der Waals surface area contributed by atoms with E-state index >= 15 is 4.79 Å². The maximum Gasteiger partial charge on any atom is 0.193 e. The molecule has 1 heteroatoms. The number of benzene rings is 8. The van der Waals surface area contributed by atoms with Gasteiger partial charge in [0.2, 0.25) is 0 Å². The Bertz CT molecular complexity index is 3050. The highest BCUT2D eigenvalue weighted by Crippen LogP contribution is 2.60. The molecule has 1 spiro atoms. The van der Waals surface area contributed by atoms with Crippen LogP contribution in [0.15, 0.2) is 170 Å². The normalized spacial score (nSPS) is 16.2. The summed E-state index contributed by atoms with van der Waals surface area (Å²) >= 11 is 0. The molecule has 1 nitrogen and oxygen atoms in total. The first kappa shape index (κ1) is 32.7. The molecule has 0 amide bonds. The third kappa shape index (κ3) is 4.06. The lowest BCUT2D eigenvalue weighted by atomic mass is 9.60. The Morgan fingerprint density at radius 2 is 0.614 bits per heavy atom. The van der Waals surface area contributed by atoms with Gasteiger partial charge in [-0.25, -0.2) is 0 Å². The second kappa shape index (κ2) is 11.1. The van der Waals surface area contributed by atoms with Crippen LogP contribution >= 0.6 is 0 Å². The van der Waals surface area contributed by atoms with Crippen molar-refractivity contribution >= 4 is 5.78 Å². The van der Waals surface area contributed by atoms with Gasteiger partial charge in [0.15, 0.2) is 5.78 Å². The van der Waals surface area contributed by atoms with E-state index in [9.17, 15) is 0 Å². The van der Waals surface area contributed by atoms with E-state index in [-0.39, 0.29) is 16.6 Å². The Labute approximate surface area is 334 Å². The van der Waals surface area contributed by atoms with Crippen LogP contribution in [-0.4, -0.2) is 5.78 Å². The van der Waals surface area contributed by atoms with Crippen LogP contribution in [0.25, 0.3) is 55.6 Å². The zero-order chi connectivity index (χ0) is 38.4. The summed E-state index contributed by atoms with van der Waals surface area (Å²) in [6.45, 7) is 9.29. The number of carbonyl (C=O) groups is 1. The lowest BCUT2D eigenvalue weighted by Crippen LogP contribution is -2.36. The fourth-order valence-electron chi connectivity index (χ4n) is 11.4. The average molecular weight is 729 g/mol. The van der Waals surface area contributed by atoms with Crippen molar-refractivity contribution in [3.63, 3.8) is 0 Å². The van der Waals surface area contributed by atoms with Gasteiger partial charge in [0, 0.05) is 22.0 Å². The molecule has 0 saturated carbocycles. The van der Waals surface area contributed by atoms with Crippen LogP contribution in [0.5, 0.6) is 0 Å². The van der Waals surface area contributed by atoms with Gasteiger partial charge < -0.3 is 0 Å². The highest BCUT2D eigenvalue weighted by Gasteiger charge is 2.52. The summed E-state index contributed by atoms with van der Waals surface area (Å²) in [6, 6.07) is 62.4. The fourth-order valence-corrected chi connectivity index (χ4v) is 11.4. The van der Waals surface area contributed by atoms with Gasteiger partial charge in [-0.3, -0.25) is 4.79 Å². The minimum absolute atomic E-state index is 0.0580. The Kier molecular flexibility index (Phi) is 6.33. The third-order valence-corrected chi connectivity index (χ3v) is 14.1. The van der Waals surface area contributed by atoms with Crippen LogP contribution in [0.1, 0.15) is 88.1 Å². The molecule has 0 heterocycles. The van der Waals surface area contributed by atoms with E-state index in [2.05, 4.69) is 198 Å². The molecule has 0 bridgehead atoms. The number of ketones is 1. The number of rotatable bonds is 2. The number of hydrogen-bond acceptors (Lipinski definition) is 1. The van der Waals surface area contributed by atoms with Crippen molar-refractivity contribution in [2.75, 3.05) is 0 Å². The van der Waals surface area contributed by atoms with Crippen molar-refractivity contribution in [2.45, 2.75) is 43.9 Å². The van der Waals surface area contributed by atoms with E-state index < -0.39 is 5.41 Å². The van der Waals surface area contributed by atoms with Gasteiger partial charge in [0.1, 0.15) is 0 Å². The van der Waals surface area contributed by atoms with Gasteiger partial charge in [-0.15, -0.1) is 0 Å². The van der Waals surface area contributed by atoms with Crippen molar-refractivity contribution in [1.82, 2.24) is 0 Å². The maximum atomic E-state index is 15.1. The maximum absolute atomic E-state index is 15.1. The Morgan fingerprint density at radius 3 is 1.11 bits per heavy atom.